The van der Waals surface area contributed by atoms with Crippen molar-refractivity contribution in [2.75, 3.05) is 26.2 Å². The molecular formula is C13H28ClN3O2. The number of hydrogen-bond acceptors (Lipinski definition) is 3. The Morgan fingerprint density at radius 1 is 1.05 bits per heavy atom. The van der Waals surface area contributed by atoms with E-state index in [1.54, 1.807) is 4.90 Å². The monoisotopic (exact) mass is 293 g/mol. The van der Waals surface area contributed by atoms with Gasteiger partial charge in [-0.3, -0.25) is 9.59 Å². The summed E-state index contributed by atoms with van der Waals surface area (Å²) in [5.74, 6) is 0.162. The van der Waals surface area contributed by atoms with Gasteiger partial charge in [0.15, 0.2) is 0 Å². The maximum absolute atomic E-state index is 11.7. The molecule has 0 radical (unpaired) electrons. The molecule has 0 aliphatic rings. The minimum absolute atomic E-state index is 0. The molecule has 0 aliphatic carbocycles. The summed E-state index contributed by atoms with van der Waals surface area (Å²) in [6.07, 6.45) is 3.35. The van der Waals surface area contributed by atoms with E-state index in [4.69, 9.17) is 5.73 Å². The number of nitrogens with zero attached hydrogens (tertiary/aromatic N) is 1. The lowest BCUT2D eigenvalue weighted by Gasteiger charge is -2.18. The van der Waals surface area contributed by atoms with E-state index < -0.39 is 0 Å². The number of nitrogens with one attached hydrogen (secondary N) is 1. The average molecular weight is 294 g/mol. The van der Waals surface area contributed by atoms with E-state index in [0.29, 0.717) is 32.4 Å². The summed E-state index contributed by atoms with van der Waals surface area (Å²) < 4.78 is 0. The third-order valence-electron chi connectivity index (χ3n) is 2.86. The predicted octanol–water partition coefficient (Wildman–Crippen LogP) is 1.30. The van der Waals surface area contributed by atoms with Gasteiger partial charge in [-0.05, 0) is 39.7 Å². The maximum Gasteiger partial charge on any atom is 0.222 e. The van der Waals surface area contributed by atoms with Crippen molar-refractivity contribution in [3.8, 4) is 0 Å². The zero-order valence-electron chi connectivity index (χ0n) is 12.1. The zero-order chi connectivity index (χ0) is 13.8. The van der Waals surface area contributed by atoms with E-state index in [2.05, 4.69) is 5.32 Å². The summed E-state index contributed by atoms with van der Waals surface area (Å²) in [7, 11) is 0. The smallest absolute Gasteiger partial charge is 0.222 e. The fourth-order valence-corrected chi connectivity index (χ4v) is 1.72. The number of rotatable bonds is 10. The van der Waals surface area contributed by atoms with Crippen LogP contribution in [-0.4, -0.2) is 42.9 Å². The van der Waals surface area contributed by atoms with Crippen molar-refractivity contribution < 1.29 is 9.59 Å². The van der Waals surface area contributed by atoms with E-state index in [1.165, 1.54) is 0 Å². The summed E-state index contributed by atoms with van der Waals surface area (Å²) in [6.45, 7) is 6.74. The molecule has 114 valence electrons. The molecule has 6 heteroatoms. The van der Waals surface area contributed by atoms with Crippen LogP contribution in [0.5, 0.6) is 0 Å². The first-order valence-electron chi connectivity index (χ1n) is 6.90. The highest BCUT2D eigenvalue weighted by Crippen LogP contribution is 2.01. The Labute approximate surface area is 122 Å². The van der Waals surface area contributed by atoms with Crippen LogP contribution in [0, 0.1) is 0 Å². The molecule has 5 nitrogen and oxygen atoms in total. The van der Waals surface area contributed by atoms with Crippen LogP contribution in [0.2, 0.25) is 0 Å². The molecule has 0 saturated heterocycles. The second-order valence-corrected chi connectivity index (χ2v) is 4.27. The SMILES string of the molecule is CCN(CC)C(=O)CCCC(=O)NCCCCN.Cl. The average Bonchev–Trinajstić information content (AvgIpc) is 2.36. The topological polar surface area (TPSA) is 75.4 Å². The van der Waals surface area contributed by atoms with E-state index in [-0.39, 0.29) is 24.2 Å². The molecule has 0 unspecified atom stereocenters. The number of carbonyl (C=O) groups excluding carboxylic acids is 2. The molecular weight excluding hydrogens is 266 g/mol. The van der Waals surface area contributed by atoms with Gasteiger partial charge >= 0.3 is 0 Å². The summed E-state index contributed by atoms with van der Waals surface area (Å²) in [4.78, 5) is 24.9. The van der Waals surface area contributed by atoms with Crippen LogP contribution in [0.4, 0.5) is 0 Å². The van der Waals surface area contributed by atoms with Crippen molar-refractivity contribution in [2.24, 2.45) is 5.73 Å². The van der Waals surface area contributed by atoms with Gasteiger partial charge in [0, 0.05) is 32.5 Å². The lowest BCUT2D eigenvalue weighted by molar-refractivity contribution is -0.131. The number of carbonyl (C=O) groups is 2. The molecule has 0 spiro atoms. The van der Waals surface area contributed by atoms with Crippen LogP contribution in [-0.2, 0) is 9.59 Å². The van der Waals surface area contributed by atoms with E-state index in [0.717, 1.165) is 25.9 Å². The first kappa shape index (κ1) is 20.5. The Kier molecular flexibility index (Phi) is 14.7. The third kappa shape index (κ3) is 10.8. The minimum atomic E-state index is 0. The molecule has 0 fully saturated rings. The molecule has 0 aromatic heterocycles. The molecule has 0 atom stereocenters. The van der Waals surface area contributed by atoms with Gasteiger partial charge in [-0.1, -0.05) is 0 Å². The van der Waals surface area contributed by atoms with Crippen molar-refractivity contribution in [3.63, 3.8) is 0 Å². The molecule has 0 aromatic rings. The third-order valence-corrected chi connectivity index (χ3v) is 2.86. The van der Waals surface area contributed by atoms with Gasteiger partial charge in [0.05, 0.1) is 0 Å². The molecule has 19 heavy (non-hydrogen) atoms. The standard InChI is InChI=1S/C13H27N3O2.ClH/c1-3-16(4-2)13(18)9-7-8-12(17)15-11-6-5-10-14;/h3-11,14H2,1-2H3,(H,15,17);1H. The lowest BCUT2D eigenvalue weighted by atomic mass is 10.2. The van der Waals surface area contributed by atoms with Crippen LogP contribution in [0.25, 0.3) is 0 Å². The Bertz CT molecular complexity index is 246. The first-order chi connectivity index (χ1) is 8.65. The Hall–Kier alpha value is -0.810. The lowest BCUT2D eigenvalue weighted by Crippen LogP contribution is -2.30. The Morgan fingerprint density at radius 3 is 2.21 bits per heavy atom. The van der Waals surface area contributed by atoms with Gasteiger partial charge < -0.3 is 16.0 Å². The summed E-state index contributed by atoms with van der Waals surface area (Å²) >= 11 is 0. The van der Waals surface area contributed by atoms with Crippen molar-refractivity contribution >= 4 is 24.2 Å². The fraction of sp³-hybridized carbons (Fsp3) is 0.846. The highest BCUT2D eigenvalue weighted by molar-refractivity contribution is 5.85. The van der Waals surface area contributed by atoms with Crippen LogP contribution < -0.4 is 11.1 Å². The van der Waals surface area contributed by atoms with Gasteiger partial charge in [-0.2, -0.15) is 0 Å². The van der Waals surface area contributed by atoms with E-state index in [1.807, 2.05) is 13.8 Å². The number of unbranched alkanes of at least 4 members (excludes halogenated alkanes) is 1. The van der Waals surface area contributed by atoms with Gasteiger partial charge in [0.2, 0.25) is 11.8 Å². The van der Waals surface area contributed by atoms with Gasteiger partial charge in [0.1, 0.15) is 0 Å². The van der Waals surface area contributed by atoms with Crippen LogP contribution in [0.3, 0.4) is 0 Å². The van der Waals surface area contributed by atoms with Crippen molar-refractivity contribution in [2.45, 2.75) is 46.0 Å². The summed E-state index contributed by atoms with van der Waals surface area (Å²) in [5.41, 5.74) is 5.36. The molecule has 0 bridgehead atoms. The van der Waals surface area contributed by atoms with Crippen LogP contribution in [0.1, 0.15) is 46.0 Å². The molecule has 0 saturated carbocycles. The predicted molar refractivity (Wildman–Crippen MR) is 80.3 cm³/mol. The van der Waals surface area contributed by atoms with E-state index in [9.17, 15) is 9.59 Å². The largest absolute Gasteiger partial charge is 0.356 e. The second-order valence-electron chi connectivity index (χ2n) is 4.27. The number of hydrogen-bond donors (Lipinski definition) is 2. The van der Waals surface area contributed by atoms with Crippen LogP contribution in [0.15, 0.2) is 0 Å². The van der Waals surface area contributed by atoms with Gasteiger partial charge in [0.25, 0.3) is 0 Å². The molecule has 0 rings (SSSR count). The minimum Gasteiger partial charge on any atom is -0.356 e. The highest BCUT2D eigenvalue weighted by atomic mass is 35.5. The number of amides is 2. The summed E-state index contributed by atoms with van der Waals surface area (Å²) in [5, 5.41) is 2.83. The Balaban J connectivity index is 0. The van der Waals surface area contributed by atoms with Gasteiger partial charge in [-0.25, -0.2) is 0 Å². The quantitative estimate of drug-likeness (QED) is 0.596. The van der Waals surface area contributed by atoms with Crippen molar-refractivity contribution in [3.05, 3.63) is 0 Å². The maximum atomic E-state index is 11.7. The molecule has 3 N–H and O–H groups in total. The summed E-state index contributed by atoms with van der Waals surface area (Å²) in [6, 6.07) is 0. The molecule has 0 aromatic carbocycles. The van der Waals surface area contributed by atoms with E-state index >= 15 is 0 Å². The number of halogens is 1. The number of nitrogens with two attached hydrogens (primary N) is 1. The second kappa shape index (κ2) is 13.6. The van der Waals surface area contributed by atoms with Crippen LogP contribution >= 0.6 is 12.4 Å². The molecule has 2 amide bonds. The molecule has 0 aliphatic heterocycles. The zero-order valence-corrected chi connectivity index (χ0v) is 12.9. The van der Waals surface area contributed by atoms with Crippen molar-refractivity contribution in [1.29, 1.82) is 0 Å². The highest BCUT2D eigenvalue weighted by Gasteiger charge is 2.09. The molecule has 0 heterocycles. The van der Waals surface area contributed by atoms with Gasteiger partial charge in [-0.15, -0.1) is 12.4 Å². The fourth-order valence-electron chi connectivity index (χ4n) is 1.72. The first-order valence-corrected chi connectivity index (χ1v) is 6.90. The van der Waals surface area contributed by atoms with Crippen molar-refractivity contribution in [1.82, 2.24) is 10.2 Å². The Morgan fingerprint density at radius 2 is 1.68 bits per heavy atom. The normalized spacial score (nSPS) is 9.63.